The van der Waals surface area contributed by atoms with Crippen molar-refractivity contribution in [2.24, 2.45) is 0 Å². The first kappa shape index (κ1) is 22.5. The summed E-state index contributed by atoms with van der Waals surface area (Å²) >= 11 is 0. The number of rotatable bonds is 8. The molecular weight excluding hydrogens is 364 g/mol. The summed E-state index contributed by atoms with van der Waals surface area (Å²) < 4.78 is 5.93. The first-order valence-electron chi connectivity index (χ1n) is 10.2. The largest absolute Gasteiger partial charge is 0.481 e. The quantitative estimate of drug-likeness (QED) is 0.683. The van der Waals surface area contributed by atoms with E-state index >= 15 is 0 Å². The molecule has 0 saturated carbocycles. The number of nitrogens with one attached hydrogen (secondary N) is 1. The van der Waals surface area contributed by atoms with Crippen LogP contribution < -0.4 is 10.1 Å². The molecule has 0 aromatic heterocycles. The van der Waals surface area contributed by atoms with Crippen LogP contribution in [0.15, 0.2) is 42.5 Å². The van der Waals surface area contributed by atoms with Crippen LogP contribution in [0.3, 0.4) is 0 Å². The molecule has 0 heterocycles. The molecule has 0 aliphatic carbocycles. The summed E-state index contributed by atoms with van der Waals surface area (Å²) in [5.74, 6) is 0.792. The lowest BCUT2D eigenvalue weighted by Crippen LogP contribution is -2.31. The van der Waals surface area contributed by atoms with Gasteiger partial charge >= 0.3 is 0 Å². The lowest BCUT2D eigenvalue weighted by molar-refractivity contribution is -0.122. The molecule has 5 nitrogen and oxygen atoms in total. The molecule has 0 fully saturated rings. The molecule has 156 valence electrons. The van der Waals surface area contributed by atoms with Gasteiger partial charge in [-0.2, -0.15) is 0 Å². The Kier molecular flexibility index (Phi) is 7.82. The van der Waals surface area contributed by atoms with Gasteiger partial charge in [-0.15, -0.1) is 0 Å². The fourth-order valence-corrected chi connectivity index (χ4v) is 3.01. The van der Waals surface area contributed by atoms with Crippen molar-refractivity contribution in [2.45, 2.75) is 53.6 Å². The van der Waals surface area contributed by atoms with Crippen molar-refractivity contribution >= 4 is 17.5 Å². The Morgan fingerprint density at radius 2 is 1.72 bits per heavy atom. The highest BCUT2D eigenvalue weighted by atomic mass is 16.5. The van der Waals surface area contributed by atoms with Crippen LogP contribution >= 0.6 is 0 Å². The number of ether oxygens (including phenoxy) is 1. The predicted molar refractivity (Wildman–Crippen MR) is 118 cm³/mol. The number of hydrogen-bond donors (Lipinski definition) is 1. The van der Waals surface area contributed by atoms with Gasteiger partial charge in [0, 0.05) is 24.3 Å². The monoisotopic (exact) mass is 396 g/mol. The number of benzene rings is 2. The summed E-state index contributed by atoms with van der Waals surface area (Å²) in [6.45, 7) is 13.1. The summed E-state index contributed by atoms with van der Waals surface area (Å²) in [4.78, 5) is 26.9. The molecular formula is C24H32N2O3. The van der Waals surface area contributed by atoms with Crippen molar-refractivity contribution in [3.05, 3.63) is 59.2 Å². The first-order valence-corrected chi connectivity index (χ1v) is 10.2. The number of amides is 2. The zero-order chi connectivity index (χ0) is 21.6. The minimum absolute atomic E-state index is 0.0449. The summed E-state index contributed by atoms with van der Waals surface area (Å²) in [6.07, 6.45) is -0.668. The number of carbonyl (C=O) groups is 2. The minimum atomic E-state index is -0.668. The molecule has 0 saturated heterocycles. The van der Waals surface area contributed by atoms with Gasteiger partial charge in [-0.05, 0) is 69.0 Å². The summed E-state index contributed by atoms with van der Waals surface area (Å²) in [7, 11) is 0. The topological polar surface area (TPSA) is 58.6 Å². The molecule has 0 bridgehead atoms. The van der Waals surface area contributed by atoms with Gasteiger partial charge in [0.05, 0.1) is 0 Å². The van der Waals surface area contributed by atoms with Crippen LogP contribution in [-0.4, -0.2) is 35.9 Å². The van der Waals surface area contributed by atoms with E-state index in [9.17, 15) is 9.59 Å². The molecule has 1 N–H and O–H groups in total. The molecule has 2 aromatic rings. The van der Waals surface area contributed by atoms with Crippen molar-refractivity contribution in [3.63, 3.8) is 0 Å². The third-order valence-corrected chi connectivity index (χ3v) is 4.98. The highest BCUT2D eigenvalue weighted by molar-refractivity contribution is 5.98. The number of nitrogens with zero attached hydrogens (tertiary/aromatic N) is 1. The van der Waals surface area contributed by atoms with E-state index < -0.39 is 6.10 Å². The van der Waals surface area contributed by atoms with Crippen molar-refractivity contribution in [1.82, 2.24) is 4.90 Å². The predicted octanol–water partition coefficient (Wildman–Crippen LogP) is 5.01. The van der Waals surface area contributed by atoms with Crippen LogP contribution in [0.2, 0.25) is 0 Å². The van der Waals surface area contributed by atoms with E-state index in [-0.39, 0.29) is 11.8 Å². The molecule has 2 rings (SSSR count). The highest BCUT2D eigenvalue weighted by Gasteiger charge is 2.18. The van der Waals surface area contributed by atoms with E-state index in [1.807, 2.05) is 32.9 Å². The molecule has 5 heteroatoms. The molecule has 0 aliphatic rings. The maximum absolute atomic E-state index is 12.6. The fraction of sp³-hybridized carbons (Fsp3) is 0.417. The van der Waals surface area contributed by atoms with Gasteiger partial charge in [-0.1, -0.05) is 32.0 Å². The molecule has 2 amide bonds. The Labute approximate surface area is 174 Å². The van der Waals surface area contributed by atoms with Gasteiger partial charge in [-0.25, -0.2) is 0 Å². The molecule has 0 radical (unpaired) electrons. The Balaban J connectivity index is 2.09. The van der Waals surface area contributed by atoms with Gasteiger partial charge in [0.15, 0.2) is 6.10 Å². The second kappa shape index (κ2) is 10.1. The number of anilines is 1. The number of carbonyl (C=O) groups excluding carboxylic acids is 2. The van der Waals surface area contributed by atoms with Crippen LogP contribution in [0.5, 0.6) is 5.75 Å². The highest BCUT2D eigenvalue weighted by Crippen LogP contribution is 2.25. The summed E-state index contributed by atoms with van der Waals surface area (Å²) in [6, 6.07) is 13.1. The third-order valence-electron chi connectivity index (χ3n) is 4.98. The molecule has 1 atom stereocenters. The second-order valence-corrected chi connectivity index (χ2v) is 7.49. The Morgan fingerprint density at radius 3 is 2.34 bits per heavy atom. The van der Waals surface area contributed by atoms with Crippen molar-refractivity contribution in [1.29, 1.82) is 0 Å². The number of aryl methyl sites for hydroxylation is 1. The lowest BCUT2D eigenvalue weighted by atomic mass is 10.0. The zero-order valence-corrected chi connectivity index (χ0v) is 18.3. The zero-order valence-electron chi connectivity index (χ0n) is 18.3. The van der Waals surface area contributed by atoms with Crippen LogP contribution in [0.1, 0.15) is 62.0 Å². The standard InChI is InChI=1S/C24H32N2O3/c1-7-26(8-2)24(28)20-10-9-11-21(14-20)25-23(27)18(6)29-22-15-19(16(3)4)13-12-17(22)5/h9-16,18H,7-8H2,1-6H3,(H,25,27). The number of hydrogen-bond acceptors (Lipinski definition) is 3. The van der Waals surface area contributed by atoms with E-state index in [1.165, 1.54) is 5.56 Å². The third kappa shape index (κ3) is 5.83. The van der Waals surface area contributed by atoms with Gasteiger partial charge < -0.3 is 15.0 Å². The first-order chi connectivity index (χ1) is 13.8. The van der Waals surface area contributed by atoms with E-state index in [0.29, 0.717) is 36.0 Å². The summed E-state index contributed by atoms with van der Waals surface area (Å²) in [5.41, 5.74) is 3.29. The Hall–Kier alpha value is -2.82. The van der Waals surface area contributed by atoms with Crippen LogP contribution in [-0.2, 0) is 4.79 Å². The maximum atomic E-state index is 12.6. The minimum Gasteiger partial charge on any atom is -0.481 e. The normalized spacial score (nSPS) is 11.8. The van der Waals surface area contributed by atoms with Crippen LogP contribution in [0.25, 0.3) is 0 Å². The molecule has 1 unspecified atom stereocenters. The summed E-state index contributed by atoms with van der Waals surface area (Å²) in [5, 5.41) is 2.85. The van der Waals surface area contributed by atoms with Gasteiger partial charge in [0.1, 0.15) is 5.75 Å². The van der Waals surface area contributed by atoms with E-state index in [0.717, 1.165) is 5.56 Å². The molecule has 29 heavy (non-hydrogen) atoms. The Bertz CT molecular complexity index is 857. The van der Waals surface area contributed by atoms with Crippen molar-refractivity contribution in [3.8, 4) is 5.75 Å². The van der Waals surface area contributed by atoms with Gasteiger partial charge in [0.25, 0.3) is 11.8 Å². The average molecular weight is 397 g/mol. The smallest absolute Gasteiger partial charge is 0.265 e. The van der Waals surface area contributed by atoms with Gasteiger partial charge in [0.2, 0.25) is 0 Å². The van der Waals surface area contributed by atoms with Crippen LogP contribution in [0.4, 0.5) is 5.69 Å². The average Bonchev–Trinajstić information content (AvgIpc) is 2.70. The van der Waals surface area contributed by atoms with Gasteiger partial charge in [-0.3, -0.25) is 9.59 Å². The molecule has 2 aromatic carbocycles. The van der Waals surface area contributed by atoms with E-state index in [4.69, 9.17) is 4.74 Å². The van der Waals surface area contributed by atoms with Crippen LogP contribution in [0, 0.1) is 6.92 Å². The molecule has 0 aliphatic heterocycles. The Morgan fingerprint density at radius 1 is 1.03 bits per heavy atom. The van der Waals surface area contributed by atoms with Crippen molar-refractivity contribution in [2.75, 3.05) is 18.4 Å². The maximum Gasteiger partial charge on any atom is 0.265 e. The van der Waals surface area contributed by atoms with Crippen molar-refractivity contribution < 1.29 is 14.3 Å². The van der Waals surface area contributed by atoms with E-state index in [1.54, 1.807) is 36.1 Å². The molecule has 0 spiro atoms. The SMILES string of the molecule is CCN(CC)C(=O)c1cccc(NC(=O)C(C)Oc2cc(C(C)C)ccc2C)c1. The lowest BCUT2D eigenvalue weighted by Gasteiger charge is -2.20. The van der Waals surface area contributed by atoms with E-state index in [2.05, 4.69) is 25.2 Å². The second-order valence-electron chi connectivity index (χ2n) is 7.49. The fourth-order valence-electron chi connectivity index (χ4n) is 3.01.